The van der Waals surface area contributed by atoms with E-state index in [1.54, 1.807) is 25.1 Å². The van der Waals surface area contributed by atoms with E-state index in [0.717, 1.165) is 5.56 Å². The maximum absolute atomic E-state index is 12.1. The van der Waals surface area contributed by atoms with Crippen LogP contribution in [0.5, 0.6) is 5.75 Å². The van der Waals surface area contributed by atoms with Crippen LogP contribution < -0.4 is 15.4 Å². The van der Waals surface area contributed by atoms with Crippen molar-refractivity contribution in [3.63, 3.8) is 0 Å². The molecule has 0 bridgehead atoms. The lowest BCUT2D eigenvalue weighted by molar-refractivity contribution is -0.123. The molecule has 0 heterocycles. The second kappa shape index (κ2) is 9.83. The van der Waals surface area contributed by atoms with Gasteiger partial charge in [-0.25, -0.2) is 9.59 Å². The first-order chi connectivity index (χ1) is 12.6. The van der Waals surface area contributed by atoms with Gasteiger partial charge in [0.2, 0.25) is 0 Å². The zero-order chi connectivity index (χ0) is 18.8. The summed E-state index contributed by atoms with van der Waals surface area (Å²) < 4.78 is 10.3. The molecule has 0 saturated heterocycles. The summed E-state index contributed by atoms with van der Waals surface area (Å²) in [4.78, 5) is 35.5. The Bertz CT molecular complexity index is 762. The monoisotopic (exact) mass is 356 g/mol. The summed E-state index contributed by atoms with van der Waals surface area (Å²) in [6.45, 7) is 1.90. The fraction of sp³-hybridized carbons (Fsp3) is 0.211. The molecule has 0 aliphatic heterocycles. The van der Waals surface area contributed by atoms with Crippen molar-refractivity contribution in [2.24, 2.45) is 0 Å². The number of hydrogen-bond donors (Lipinski definition) is 2. The molecule has 3 amide bonds. The molecule has 26 heavy (non-hydrogen) atoms. The van der Waals surface area contributed by atoms with E-state index in [1.807, 2.05) is 30.3 Å². The maximum atomic E-state index is 12.1. The van der Waals surface area contributed by atoms with E-state index in [-0.39, 0.29) is 12.1 Å². The fourth-order valence-electron chi connectivity index (χ4n) is 2.11. The smallest absolute Gasteiger partial charge is 0.342 e. The second-order valence-corrected chi connectivity index (χ2v) is 5.22. The lowest BCUT2D eigenvalue weighted by atomic mass is 10.2. The molecule has 0 radical (unpaired) electrons. The van der Waals surface area contributed by atoms with Crippen LogP contribution in [0.2, 0.25) is 0 Å². The Morgan fingerprint density at radius 2 is 1.65 bits per heavy atom. The van der Waals surface area contributed by atoms with Crippen molar-refractivity contribution in [2.75, 3.05) is 13.2 Å². The number of benzene rings is 2. The molecule has 2 N–H and O–H groups in total. The third-order valence-electron chi connectivity index (χ3n) is 3.29. The third-order valence-corrected chi connectivity index (χ3v) is 3.29. The van der Waals surface area contributed by atoms with Gasteiger partial charge in [0.25, 0.3) is 5.91 Å². The number of esters is 1. The Balaban J connectivity index is 1.77. The van der Waals surface area contributed by atoms with Crippen molar-refractivity contribution in [1.82, 2.24) is 10.6 Å². The number of hydrogen-bond acceptors (Lipinski definition) is 5. The summed E-state index contributed by atoms with van der Waals surface area (Å²) in [5.74, 6) is -1.05. The quantitative estimate of drug-likeness (QED) is 0.742. The van der Waals surface area contributed by atoms with Gasteiger partial charge in [0, 0.05) is 6.54 Å². The Morgan fingerprint density at radius 3 is 2.38 bits per heavy atom. The van der Waals surface area contributed by atoms with Gasteiger partial charge in [-0.15, -0.1) is 0 Å². The lowest BCUT2D eigenvalue weighted by Crippen LogP contribution is -2.41. The van der Waals surface area contributed by atoms with E-state index in [4.69, 9.17) is 9.47 Å². The molecule has 2 aromatic rings. The van der Waals surface area contributed by atoms with Crippen LogP contribution in [0.15, 0.2) is 54.6 Å². The standard InChI is InChI=1S/C19H20N2O5/c1-2-25-16-11-7-6-10-15(16)18(23)26-13-17(22)21-19(24)20-12-14-8-4-3-5-9-14/h3-11H,2,12-13H2,1H3,(H2,20,21,22,24). The van der Waals surface area contributed by atoms with E-state index in [0.29, 0.717) is 12.4 Å². The molecule has 0 saturated carbocycles. The van der Waals surface area contributed by atoms with Gasteiger partial charge < -0.3 is 14.8 Å². The van der Waals surface area contributed by atoms with Crippen LogP contribution >= 0.6 is 0 Å². The van der Waals surface area contributed by atoms with E-state index in [2.05, 4.69) is 10.6 Å². The highest BCUT2D eigenvalue weighted by atomic mass is 16.5. The Hall–Kier alpha value is -3.35. The summed E-state index contributed by atoms with van der Waals surface area (Å²) >= 11 is 0. The van der Waals surface area contributed by atoms with Gasteiger partial charge in [0.05, 0.1) is 6.61 Å². The molecule has 0 spiro atoms. The number of carbonyl (C=O) groups is 3. The molecule has 136 valence electrons. The first kappa shape index (κ1) is 19.0. The average Bonchev–Trinajstić information content (AvgIpc) is 2.66. The van der Waals surface area contributed by atoms with Crippen LogP contribution in [0.3, 0.4) is 0 Å². The third kappa shape index (κ3) is 5.94. The topological polar surface area (TPSA) is 93.7 Å². The second-order valence-electron chi connectivity index (χ2n) is 5.22. The molecule has 0 aliphatic rings. The van der Waals surface area contributed by atoms with Crippen molar-refractivity contribution in [1.29, 1.82) is 0 Å². The van der Waals surface area contributed by atoms with Crippen LogP contribution in [-0.4, -0.2) is 31.1 Å². The highest BCUT2D eigenvalue weighted by molar-refractivity contribution is 5.97. The van der Waals surface area contributed by atoms with Crippen LogP contribution in [0.25, 0.3) is 0 Å². The van der Waals surface area contributed by atoms with Crippen molar-refractivity contribution in [2.45, 2.75) is 13.5 Å². The van der Waals surface area contributed by atoms with E-state index < -0.39 is 24.5 Å². The maximum Gasteiger partial charge on any atom is 0.342 e. The van der Waals surface area contributed by atoms with Gasteiger partial charge in [-0.2, -0.15) is 0 Å². The fourth-order valence-corrected chi connectivity index (χ4v) is 2.11. The molecule has 7 heteroatoms. The van der Waals surface area contributed by atoms with Crippen LogP contribution in [-0.2, 0) is 16.1 Å². The zero-order valence-electron chi connectivity index (χ0n) is 14.4. The molecule has 7 nitrogen and oxygen atoms in total. The SMILES string of the molecule is CCOc1ccccc1C(=O)OCC(=O)NC(=O)NCc1ccccc1. The molecule has 0 fully saturated rings. The minimum Gasteiger partial charge on any atom is -0.493 e. The predicted molar refractivity (Wildman–Crippen MR) is 94.7 cm³/mol. The van der Waals surface area contributed by atoms with Gasteiger partial charge in [0.1, 0.15) is 11.3 Å². The normalized spacial score (nSPS) is 9.88. The summed E-state index contributed by atoms with van der Waals surface area (Å²) in [5, 5.41) is 4.64. The molecule has 2 rings (SSSR count). The number of amides is 3. The molecular weight excluding hydrogens is 336 g/mol. The minimum atomic E-state index is -0.724. The predicted octanol–water partition coefficient (Wildman–Crippen LogP) is 2.27. The number of ether oxygens (including phenoxy) is 2. The molecule has 0 aromatic heterocycles. The summed E-state index contributed by atoms with van der Waals surface area (Å²) in [7, 11) is 0. The van der Waals surface area contributed by atoms with Crippen molar-refractivity contribution < 1.29 is 23.9 Å². The van der Waals surface area contributed by atoms with Gasteiger partial charge in [-0.1, -0.05) is 42.5 Å². The van der Waals surface area contributed by atoms with E-state index in [1.165, 1.54) is 6.07 Å². The minimum absolute atomic E-state index is 0.218. The molecule has 0 aliphatic carbocycles. The van der Waals surface area contributed by atoms with Crippen molar-refractivity contribution >= 4 is 17.9 Å². The molecular formula is C19H20N2O5. The van der Waals surface area contributed by atoms with Crippen LogP contribution in [0, 0.1) is 0 Å². The van der Waals surface area contributed by atoms with Gasteiger partial charge in [-0.05, 0) is 24.6 Å². The largest absolute Gasteiger partial charge is 0.493 e. The van der Waals surface area contributed by atoms with Crippen LogP contribution in [0.4, 0.5) is 4.79 Å². The van der Waals surface area contributed by atoms with Gasteiger partial charge >= 0.3 is 12.0 Å². The van der Waals surface area contributed by atoms with E-state index in [9.17, 15) is 14.4 Å². The Morgan fingerprint density at radius 1 is 0.962 bits per heavy atom. The zero-order valence-corrected chi connectivity index (χ0v) is 14.4. The van der Waals surface area contributed by atoms with Gasteiger partial charge in [0.15, 0.2) is 6.61 Å². The Kier molecular flexibility index (Phi) is 7.17. The van der Waals surface area contributed by atoms with Crippen molar-refractivity contribution in [3.8, 4) is 5.75 Å². The number of urea groups is 1. The Labute approximate surface area is 151 Å². The van der Waals surface area contributed by atoms with E-state index >= 15 is 0 Å². The highest BCUT2D eigenvalue weighted by Crippen LogP contribution is 2.18. The lowest BCUT2D eigenvalue weighted by Gasteiger charge is -2.10. The summed E-state index contributed by atoms with van der Waals surface area (Å²) in [6.07, 6.45) is 0. The number of rotatable bonds is 7. The number of para-hydroxylation sites is 1. The van der Waals surface area contributed by atoms with Crippen molar-refractivity contribution in [3.05, 3.63) is 65.7 Å². The number of carbonyl (C=O) groups excluding carboxylic acids is 3. The van der Waals surface area contributed by atoms with Gasteiger partial charge in [-0.3, -0.25) is 10.1 Å². The first-order valence-corrected chi connectivity index (χ1v) is 8.10. The summed E-state index contributed by atoms with van der Waals surface area (Å²) in [6, 6.07) is 15.2. The molecule has 0 unspecified atom stereocenters. The number of nitrogens with one attached hydrogen (secondary N) is 2. The summed E-state index contributed by atoms with van der Waals surface area (Å²) in [5.41, 5.74) is 1.12. The molecule has 0 atom stereocenters. The first-order valence-electron chi connectivity index (χ1n) is 8.10. The average molecular weight is 356 g/mol. The van der Waals surface area contributed by atoms with Crippen LogP contribution in [0.1, 0.15) is 22.8 Å². The number of imide groups is 1. The highest BCUT2D eigenvalue weighted by Gasteiger charge is 2.16. The molecule has 2 aromatic carbocycles.